The van der Waals surface area contributed by atoms with Crippen molar-refractivity contribution in [1.82, 2.24) is 0 Å². The van der Waals surface area contributed by atoms with E-state index in [2.05, 4.69) is 0 Å². The molecule has 2 aromatic carbocycles. The van der Waals surface area contributed by atoms with Gasteiger partial charge in [0.15, 0.2) is 0 Å². The summed E-state index contributed by atoms with van der Waals surface area (Å²) in [6.45, 7) is 2.02. The van der Waals surface area contributed by atoms with Crippen molar-refractivity contribution >= 4 is 17.6 Å². The van der Waals surface area contributed by atoms with E-state index < -0.39 is 11.9 Å². The number of methoxy groups -OCH3 is 1. The SMILES string of the molecule is COc1ccc2c(c1)C(C(C)C(=O)O)CN2C(=O)c1ccccc1. The van der Waals surface area contributed by atoms with E-state index in [-0.39, 0.29) is 11.8 Å². The Hall–Kier alpha value is -2.82. The van der Waals surface area contributed by atoms with Crippen LogP contribution in [0.25, 0.3) is 0 Å². The number of nitrogens with zero attached hydrogens (tertiary/aromatic N) is 1. The quantitative estimate of drug-likeness (QED) is 0.937. The third-order valence-corrected chi connectivity index (χ3v) is 4.56. The van der Waals surface area contributed by atoms with Crippen molar-refractivity contribution in [3.05, 3.63) is 59.7 Å². The second-order valence-electron chi connectivity index (χ2n) is 5.94. The maximum absolute atomic E-state index is 12.8. The molecule has 1 aliphatic heterocycles. The van der Waals surface area contributed by atoms with Crippen molar-refractivity contribution in [1.29, 1.82) is 0 Å². The molecule has 1 N–H and O–H groups in total. The first-order valence-electron chi connectivity index (χ1n) is 7.80. The molecule has 2 aromatic rings. The summed E-state index contributed by atoms with van der Waals surface area (Å²) in [4.78, 5) is 26.0. The molecular formula is C19H19NO4. The predicted octanol–water partition coefficient (Wildman–Crippen LogP) is 3.16. The summed E-state index contributed by atoms with van der Waals surface area (Å²) in [5.41, 5.74) is 2.18. The molecule has 24 heavy (non-hydrogen) atoms. The van der Waals surface area contributed by atoms with Gasteiger partial charge in [0.25, 0.3) is 5.91 Å². The molecule has 0 saturated carbocycles. The summed E-state index contributed by atoms with van der Waals surface area (Å²) in [6.07, 6.45) is 0. The molecule has 0 spiro atoms. The molecule has 2 unspecified atom stereocenters. The zero-order chi connectivity index (χ0) is 17.3. The fraction of sp³-hybridized carbons (Fsp3) is 0.263. The Morgan fingerprint density at radius 2 is 1.92 bits per heavy atom. The van der Waals surface area contributed by atoms with Crippen LogP contribution in [-0.2, 0) is 4.79 Å². The molecule has 124 valence electrons. The Morgan fingerprint density at radius 3 is 2.54 bits per heavy atom. The van der Waals surface area contributed by atoms with Crippen molar-refractivity contribution in [2.45, 2.75) is 12.8 Å². The lowest BCUT2D eigenvalue weighted by atomic mass is 9.89. The number of rotatable bonds is 4. The average molecular weight is 325 g/mol. The Balaban J connectivity index is 2.02. The van der Waals surface area contributed by atoms with Crippen LogP contribution in [0.3, 0.4) is 0 Å². The van der Waals surface area contributed by atoms with Gasteiger partial charge in [-0.3, -0.25) is 9.59 Å². The molecule has 1 heterocycles. The normalized spacial score (nSPS) is 17.2. The number of carboxylic acid groups (broad SMARTS) is 1. The largest absolute Gasteiger partial charge is 0.497 e. The highest BCUT2D eigenvalue weighted by Crippen LogP contribution is 2.42. The monoisotopic (exact) mass is 325 g/mol. The third kappa shape index (κ3) is 2.73. The lowest BCUT2D eigenvalue weighted by molar-refractivity contribution is -0.141. The number of benzene rings is 2. The minimum atomic E-state index is -0.872. The molecule has 3 rings (SSSR count). The molecule has 0 bridgehead atoms. The highest BCUT2D eigenvalue weighted by molar-refractivity contribution is 6.07. The van der Waals surface area contributed by atoms with Gasteiger partial charge in [0.2, 0.25) is 0 Å². The van der Waals surface area contributed by atoms with E-state index >= 15 is 0 Å². The van der Waals surface area contributed by atoms with Gasteiger partial charge in [0.1, 0.15) is 5.75 Å². The van der Waals surface area contributed by atoms with Crippen LogP contribution in [0.5, 0.6) is 5.75 Å². The molecule has 2 atom stereocenters. The number of aliphatic carboxylic acids is 1. The number of hydrogen-bond donors (Lipinski definition) is 1. The zero-order valence-electron chi connectivity index (χ0n) is 13.6. The second kappa shape index (κ2) is 6.35. The molecule has 1 amide bonds. The first-order valence-corrected chi connectivity index (χ1v) is 7.80. The van der Waals surface area contributed by atoms with Crippen molar-refractivity contribution < 1.29 is 19.4 Å². The maximum atomic E-state index is 12.8. The molecule has 5 heteroatoms. The molecule has 1 aliphatic rings. The van der Waals surface area contributed by atoms with Gasteiger partial charge in [-0.25, -0.2) is 0 Å². The molecule has 0 fully saturated rings. The number of amides is 1. The summed E-state index contributed by atoms with van der Waals surface area (Å²) >= 11 is 0. The van der Waals surface area contributed by atoms with E-state index in [0.29, 0.717) is 17.9 Å². The van der Waals surface area contributed by atoms with Gasteiger partial charge in [0, 0.05) is 23.7 Å². The van der Waals surface area contributed by atoms with Gasteiger partial charge in [0.05, 0.1) is 13.0 Å². The first-order chi connectivity index (χ1) is 11.5. The molecule has 0 saturated heterocycles. The van der Waals surface area contributed by atoms with Crippen molar-refractivity contribution in [2.24, 2.45) is 5.92 Å². The zero-order valence-corrected chi connectivity index (χ0v) is 13.6. The number of carbonyl (C=O) groups is 2. The summed E-state index contributed by atoms with van der Waals surface area (Å²) in [5, 5.41) is 9.40. The van der Waals surface area contributed by atoms with Crippen LogP contribution in [-0.4, -0.2) is 30.6 Å². The highest BCUT2D eigenvalue weighted by Gasteiger charge is 2.38. The lowest BCUT2D eigenvalue weighted by Crippen LogP contribution is -2.32. The molecule has 0 aromatic heterocycles. The Morgan fingerprint density at radius 1 is 1.21 bits per heavy atom. The number of anilines is 1. The van der Waals surface area contributed by atoms with Crippen LogP contribution < -0.4 is 9.64 Å². The number of carboxylic acids is 1. The average Bonchev–Trinajstić information content (AvgIpc) is 2.99. The van der Waals surface area contributed by atoms with E-state index in [1.165, 1.54) is 0 Å². The Kier molecular flexibility index (Phi) is 4.25. The second-order valence-corrected chi connectivity index (χ2v) is 5.94. The minimum Gasteiger partial charge on any atom is -0.497 e. The van der Waals surface area contributed by atoms with Crippen LogP contribution >= 0.6 is 0 Å². The molecule has 5 nitrogen and oxygen atoms in total. The van der Waals surface area contributed by atoms with E-state index in [1.807, 2.05) is 30.3 Å². The van der Waals surface area contributed by atoms with Gasteiger partial charge in [-0.05, 0) is 35.9 Å². The van der Waals surface area contributed by atoms with Crippen molar-refractivity contribution in [2.75, 3.05) is 18.6 Å². The minimum absolute atomic E-state index is 0.123. The first kappa shape index (κ1) is 16.1. The standard InChI is InChI=1S/C19H19NO4/c1-12(19(22)23)16-11-20(18(21)13-6-4-3-5-7-13)17-9-8-14(24-2)10-15(16)17/h3-10,12,16H,11H2,1-2H3,(H,22,23). The van der Waals surface area contributed by atoms with Gasteiger partial charge in [-0.2, -0.15) is 0 Å². The number of carbonyl (C=O) groups excluding carboxylic acids is 1. The van der Waals surface area contributed by atoms with Crippen molar-refractivity contribution in [3.63, 3.8) is 0 Å². The van der Waals surface area contributed by atoms with E-state index in [0.717, 1.165) is 11.3 Å². The van der Waals surface area contributed by atoms with E-state index in [9.17, 15) is 14.7 Å². The van der Waals surface area contributed by atoms with Crippen LogP contribution in [0.4, 0.5) is 5.69 Å². The van der Waals surface area contributed by atoms with Crippen molar-refractivity contribution in [3.8, 4) is 5.75 Å². The lowest BCUT2D eigenvalue weighted by Gasteiger charge is -2.19. The van der Waals surface area contributed by atoms with E-state index in [1.54, 1.807) is 37.1 Å². The Labute approximate surface area is 140 Å². The fourth-order valence-electron chi connectivity index (χ4n) is 3.12. The highest BCUT2D eigenvalue weighted by atomic mass is 16.5. The molecule has 0 radical (unpaired) electrons. The summed E-state index contributed by atoms with van der Waals surface area (Å²) in [7, 11) is 1.57. The van der Waals surface area contributed by atoms with Gasteiger partial charge in [-0.15, -0.1) is 0 Å². The van der Waals surface area contributed by atoms with Gasteiger partial charge in [-0.1, -0.05) is 25.1 Å². The number of ether oxygens (including phenoxy) is 1. The maximum Gasteiger partial charge on any atom is 0.306 e. The van der Waals surface area contributed by atoms with E-state index in [4.69, 9.17) is 4.74 Å². The van der Waals surface area contributed by atoms with Crippen LogP contribution in [0, 0.1) is 5.92 Å². The third-order valence-electron chi connectivity index (χ3n) is 4.56. The summed E-state index contributed by atoms with van der Waals surface area (Å²) in [6, 6.07) is 14.5. The molecular weight excluding hydrogens is 306 g/mol. The Bertz CT molecular complexity index is 772. The predicted molar refractivity (Wildman–Crippen MR) is 90.7 cm³/mol. The number of hydrogen-bond acceptors (Lipinski definition) is 3. The smallest absolute Gasteiger partial charge is 0.306 e. The summed E-state index contributed by atoms with van der Waals surface area (Å²) in [5.74, 6) is -1.19. The summed E-state index contributed by atoms with van der Waals surface area (Å²) < 4.78 is 5.26. The van der Waals surface area contributed by atoms with Crippen LogP contribution in [0.2, 0.25) is 0 Å². The van der Waals surface area contributed by atoms with Gasteiger partial charge >= 0.3 is 5.97 Å². The molecule has 0 aliphatic carbocycles. The topological polar surface area (TPSA) is 66.8 Å². The van der Waals surface area contributed by atoms with Crippen LogP contribution in [0.1, 0.15) is 28.8 Å². The van der Waals surface area contributed by atoms with Crippen LogP contribution in [0.15, 0.2) is 48.5 Å². The van der Waals surface area contributed by atoms with Gasteiger partial charge < -0.3 is 14.7 Å². The number of fused-ring (bicyclic) bond motifs is 1. The fourth-order valence-corrected chi connectivity index (χ4v) is 3.12.